The van der Waals surface area contributed by atoms with Gasteiger partial charge in [0.25, 0.3) is 0 Å². The molecule has 1 aromatic carbocycles. The van der Waals surface area contributed by atoms with Gasteiger partial charge in [0.1, 0.15) is 0 Å². The zero-order valence-corrected chi connectivity index (χ0v) is 24.0. The SMILES string of the molecule is O=C(O)CCC(CP(=O)(O)OCCC1CCN(C(=O)CCc2ccc(N3CC(CCCF)N=N3)cc2)CC1)C(=O)O. The maximum Gasteiger partial charge on any atom is 0.328 e. The lowest BCUT2D eigenvalue weighted by Gasteiger charge is -2.32. The number of carboxylic acid groups (broad SMARTS) is 2. The van der Waals surface area contributed by atoms with Crippen molar-refractivity contribution < 1.29 is 43.0 Å². The summed E-state index contributed by atoms with van der Waals surface area (Å²) in [5, 5.41) is 28.1. The van der Waals surface area contributed by atoms with E-state index < -0.39 is 38.0 Å². The molecule has 3 unspecified atom stereocenters. The van der Waals surface area contributed by atoms with Crippen molar-refractivity contribution in [1.29, 1.82) is 0 Å². The third kappa shape index (κ3) is 11.1. The lowest BCUT2D eigenvalue weighted by molar-refractivity contribution is -0.142. The summed E-state index contributed by atoms with van der Waals surface area (Å²) in [6, 6.07) is 7.87. The van der Waals surface area contributed by atoms with Crippen molar-refractivity contribution in [3.05, 3.63) is 29.8 Å². The molecule has 41 heavy (non-hydrogen) atoms. The number of aryl methyl sites for hydroxylation is 1. The molecule has 1 saturated heterocycles. The molecule has 228 valence electrons. The molecule has 2 aliphatic heterocycles. The van der Waals surface area contributed by atoms with Crippen molar-refractivity contribution in [2.24, 2.45) is 22.2 Å². The highest BCUT2D eigenvalue weighted by Gasteiger charge is 2.31. The van der Waals surface area contributed by atoms with Crippen LogP contribution in [0.3, 0.4) is 0 Å². The van der Waals surface area contributed by atoms with E-state index in [1.54, 1.807) is 0 Å². The Balaban J connectivity index is 1.33. The van der Waals surface area contributed by atoms with Crippen molar-refractivity contribution in [1.82, 2.24) is 4.90 Å². The quantitative estimate of drug-likeness (QED) is 0.221. The number of nitrogens with zero attached hydrogens (tertiary/aromatic N) is 4. The highest BCUT2D eigenvalue weighted by molar-refractivity contribution is 7.52. The van der Waals surface area contributed by atoms with Crippen LogP contribution in [0.25, 0.3) is 0 Å². The van der Waals surface area contributed by atoms with Gasteiger partial charge in [-0.05, 0) is 68.6 Å². The standard InChI is InChI=1S/C27H40FN4O8P/c28-14-1-2-23-18-32(30-29-23)24-7-3-20(4-8-24)5-9-25(33)31-15-11-21(12-16-31)13-17-40-41(38,39)19-22(27(36)37)6-10-26(34)35/h3-4,7-8,21-23H,1-2,5-6,9-19H2,(H,34,35)(H,36,37)(H,38,39). The summed E-state index contributed by atoms with van der Waals surface area (Å²) in [6.45, 7) is 1.47. The number of hydrogen-bond acceptors (Lipinski definition) is 8. The Bertz CT molecular complexity index is 1100. The third-order valence-corrected chi connectivity index (χ3v) is 9.02. The van der Waals surface area contributed by atoms with Gasteiger partial charge in [-0.25, -0.2) is 5.01 Å². The largest absolute Gasteiger partial charge is 0.481 e. The van der Waals surface area contributed by atoms with Gasteiger partial charge in [-0.3, -0.25) is 23.3 Å². The summed E-state index contributed by atoms with van der Waals surface area (Å²) in [5.74, 6) is -3.47. The summed E-state index contributed by atoms with van der Waals surface area (Å²) in [4.78, 5) is 46.6. The Morgan fingerprint density at radius 2 is 1.80 bits per heavy atom. The lowest BCUT2D eigenvalue weighted by Crippen LogP contribution is -2.38. The molecule has 1 fully saturated rings. The number of likely N-dealkylation sites (tertiary alicyclic amines) is 1. The zero-order valence-electron chi connectivity index (χ0n) is 23.1. The number of carbonyl (C=O) groups is 3. The van der Waals surface area contributed by atoms with Crippen molar-refractivity contribution in [2.75, 3.05) is 44.1 Å². The Morgan fingerprint density at radius 3 is 2.44 bits per heavy atom. The van der Waals surface area contributed by atoms with Crippen molar-refractivity contribution in [2.45, 2.75) is 63.8 Å². The predicted molar refractivity (Wildman–Crippen MR) is 149 cm³/mol. The molecule has 14 heteroatoms. The van der Waals surface area contributed by atoms with Crippen molar-refractivity contribution in [3.8, 4) is 0 Å². The average molecular weight is 599 g/mol. The molecule has 0 aliphatic carbocycles. The number of alkyl halides is 1. The normalized spacial score (nSPS) is 19.7. The molecule has 2 aliphatic rings. The number of amides is 1. The maximum atomic E-state index is 12.8. The van der Waals surface area contributed by atoms with E-state index in [9.17, 15) is 33.3 Å². The number of rotatable bonds is 17. The Morgan fingerprint density at radius 1 is 1.10 bits per heavy atom. The molecule has 0 saturated carbocycles. The highest BCUT2D eigenvalue weighted by Crippen LogP contribution is 2.45. The number of piperidine rings is 1. The smallest absolute Gasteiger partial charge is 0.328 e. The molecule has 0 aromatic heterocycles. The van der Waals surface area contributed by atoms with Crippen LogP contribution >= 0.6 is 7.60 Å². The van der Waals surface area contributed by atoms with E-state index in [2.05, 4.69) is 10.3 Å². The minimum Gasteiger partial charge on any atom is -0.481 e. The topological polar surface area (TPSA) is 169 Å². The third-order valence-electron chi connectivity index (χ3n) is 7.53. The van der Waals surface area contributed by atoms with E-state index >= 15 is 0 Å². The number of carbonyl (C=O) groups excluding carboxylic acids is 1. The van der Waals surface area contributed by atoms with E-state index in [1.807, 2.05) is 34.2 Å². The van der Waals surface area contributed by atoms with Crippen LogP contribution in [0.2, 0.25) is 0 Å². The fourth-order valence-corrected chi connectivity index (χ4v) is 6.42. The summed E-state index contributed by atoms with van der Waals surface area (Å²) in [5.41, 5.74) is 1.95. The van der Waals surface area contributed by atoms with Crippen molar-refractivity contribution >= 4 is 31.1 Å². The summed E-state index contributed by atoms with van der Waals surface area (Å²) in [6.07, 6.45) is 2.89. The van der Waals surface area contributed by atoms with E-state index in [0.29, 0.717) is 51.7 Å². The summed E-state index contributed by atoms with van der Waals surface area (Å²) in [7, 11) is -4.18. The first-order valence-corrected chi connectivity index (χ1v) is 15.8. The number of carboxylic acids is 2. The first kappa shape index (κ1) is 32.6. The van der Waals surface area contributed by atoms with Gasteiger partial charge in [-0.2, -0.15) is 5.11 Å². The Kier molecular flexibility index (Phi) is 12.7. The van der Waals surface area contributed by atoms with Gasteiger partial charge >= 0.3 is 19.5 Å². The van der Waals surface area contributed by atoms with E-state index in [-0.39, 0.29) is 37.6 Å². The minimum atomic E-state index is -4.18. The van der Waals surface area contributed by atoms with Crippen LogP contribution in [0.1, 0.15) is 56.9 Å². The number of hydrogen-bond donors (Lipinski definition) is 3. The van der Waals surface area contributed by atoms with Crippen LogP contribution in [0.5, 0.6) is 0 Å². The molecule has 12 nitrogen and oxygen atoms in total. The number of anilines is 1. The second-order valence-electron chi connectivity index (χ2n) is 10.7. The second kappa shape index (κ2) is 15.9. The fourth-order valence-electron chi connectivity index (χ4n) is 5.03. The van der Waals surface area contributed by atoms with Gasteiger partial charge < -0.3 is 24.5 Å². The van der Waals surface area contributed by atoms with Crippen LogP contribution in [0.15, 0.2) is 34.6 Å². The monoisotopic (exact) mass is 598 g/mol. The number of benzene rings is 1. The van der Waals surface area contributed by atoms with Gasteiger partial charge in [0.05, 0.1) is 43.6 Å². The van der Waals surface area contributed by atoms with Crippen LogP contribution < -0.4 is 5.01 Å². The van der Waals surface area contributed by atoms with Gasteiger partial charge in [-0.15, -0.1) is 0 Å². The van der Waals surface area contributed by atoms with E-state index in [1.165, 1.54) is 0 Å². The Hall–Kier alpha value is -2.89. The highest BCUT2D eigenvalue weighted by atomic mass is 31.2. The second-order valence-corrected chi connectivity index (χ2v) is 12.6. The first-order chi connectivity index (χ1) is 19.6. The average Bonchev–Trinajstić information content (AvgIpc) is 3.42. The molecule has 1 aromatic rings. The molecule has 2 heterocycles. The zero-order chi connectivity index (χ0) is 29.8. The Labute approximate surface area is 239 Å². The van der Waals surface area contributed by atoms with E-state index in [4.69, 9.17) is 9.63 Å². The molecule has 1 amide bonds. The molecule has 3 N–H and O–H groups in total. The van der Waals surface area contributed by atoms with Crippen LogP contribution in [0, 0.1) is 11.8 Å². The molecular formula is C27H40FN4O8P. The molecular weight excluding hydrogens is 558 g/mol. The molecule has 3 rings (SSSR count). The fraction of sp³-hybridized carbons (Fsp3) is 0.667. The van der Waals surface area contributed by atoms with Gasteiger partial charge in [-0.1, -0.05) is 17.4 Å². The molecule has 3 atom stereocenters. The molecule has 0 radical (unpaired) electrons. The van der Waals surface area contributed by atoms with Crippen LogP contribution in [-0.2, 0) is 29.9 Å². The summed E-state index contributed by atoms with van der Waals surface area (Å²) < 4.78 is 29.8. The van der Waals surface area contributed by atoms with Crippen LogP contribution in [-0.4, -0.2) is 83.0 Å². The van der Waals surface area contributed by atoms with Gasteiger partial charge in [0.2, 0.25) is 5.91 Å². The van der Waals surface area contributed by atoms with Crippen LogP contribution in [0.4, 0.5) is 10.1 Å². The van der Waals surface area contributed by atoms with Gasteiger partial charge in [0, 0.05) is 25.9 Å². The molecule has 0 spiro atoms. The van der Waals surface area contributed by atoms with Crippen molar-refractivity contribution in [3.63, 3.8) is 0 Å². The summed E-state index contributed by atoms with van der Waals surface area (Å²) >= 11 is 0. The lowest BCUT2D eigenvalue weighted by atomic mass is 9.93. The minimum absolute atomic E-state index is 0.00919. The molecule has 0 bridgehead atoms. The number of aliphatic carboxylic acids is 2. The van der Waals surface area contributed by atoms with E-state index in [0.717, 1.165) is 24.1 Å². The van der Waals surface area contributed by atoms with Gasteiger partial charge in [0.15, 0.2) is 0 Å². The first-order valence-electron chi connectivity index (χ1n) is 14.1. The number of halogens is 1. The maximum absolute atomic E-state index is 12.8. The predicted octanol–water partition coefficient (Wildman–Crippen LogP) is 4.32.